The van der Waals surface area contributed by atoms with E-state index in [2.05, 4.69) is 14.7 Å². The van der Waals surface area contributed by atoms with Crippen molar-refractivity contribution in [3.8, 4) is 5.75 Å². The van der Waals surface area contributed by atoms with Gasteiger partial charge in [0.25, 0.3) is 11.8 Å². The predicted octanol–water partition coefficient (Wildman–Crippen LogP) is 4.15. The van der Waals surface area contributed by atoms with Gasteiger partial charge in [-0.3, -0.25) is 19.3 Å². The minimum absolute atomic E-state index is 0.0243. The fourth-order valence-electron chi connectivity index (χ4n) is 5.06. The average molecular weight is 547 g/mol. The van der Waals surface area contributed by atoms with Crippen LogP contribution in [-0.4, -0.2) is 39.7 Å². The van der Waals surface area contributed by atoms with Gasteiger partial charge in [-0.1, -0.05) is 31.0 Å². The lowest BCUT2D eigenvalue weighted by Gasteiger charge is -2.32. The highest BCUT2D eigenvalue weighted by atomic mass is 32.1. The Morgan fingerprint density at radius 1 is 1.15 bits per heavy atom. The number of carbonyl (C=O) groups is 3. The van der Waals surface area contributed by atoms with Crippen LogP contribution in [0.1, 0.15) is 64.4 Å². The van der Waals surface area contributed by atoms with Crippen LogP contribution in [0.4, 0.5) is 11.4 Å². The van der Waals surface area contributed by atoms with E-state index in [1.54, 1.807) is 30.5 Å². The number of para-hydroxylation sites is 1. The first kappa shape index (κ1) is 26.2. The van der Waals surface area contributed by atoms with Crippen molar-refractivity contribution >= 4 is 51.5 Å². The Hall–Kier alpha value is -4.38. The molecule has 5 rings (SSSR count). The maximum absolute atomic E-state index is 14.3. The van der Waals surface area contributed by atoms with Crippen molar-refractivity contribution in [2.45, 2.75) is 44.7 Å². The van der Waals surface area contributed by atoms with E-state index >= 15 is 0 Å². The molecule has 0 saturated heterocycles. The van der Waals surface area contributed by atoms with Gasteiger partial charge in [0.05, 0.1) is 12.3 Å². The van der Waals surface area contributed by atoms with Crippen LogP contribution in [0.15, 0.2) is 54.7 Å². The third-order valence-electron chi connectivity index (χ3n) is 6.92. The molecule has 4 aromatic rings. The summed E-state index contributed by atoms with van der Waals surface area (Å²) in [5, 5.41) is 3.98. The van der Waals surface area contributed by atoms with Crippen LogP contribution < -0.4 is 26.4 Å². The van der Waals surface area contributed by atoms with E-state index in [-0.39, 0.29) is 28.2 Å². The van der Waals surface area contributed by atoms with Crippen molar-refractivity contribution in [3.05, 3.63) is 70.9 Å². The van der Waals surface area contributed by atoms with Gasteiger partial charge < -0.3 is 26.5 Å². The fourth-order valence-corrected chi connectivity index (χ4v) is 5.80. The number of H-pyrrole nitrogens is 1. The van der Waals surface area contributed by atoms with Crippen LogP contribution >= 0.6 is 11.5 Å². The molecule has 2 aromatic carbocycles. The second-order valence-corrected chi connectivity index (χ2v) is 10.2. The normalized spacial score (nSPS) is 14.3. The SMILES string of the molecule is CCOc1ccc(N(C(=O)c2snc(C(N)=O)c2N)[C@H](C(=O)NC2CCCC2)c2c[nH]c3ccccc23)cc1. The number of aromatic amines is 1. The minimum atomic E-state index is -1.05. The van der Waals surface area contributed by atoms with Crippen LogP contribution in [0.3, 0.4) is 0 Å². The van der Waals surface area contributed by atoms with Crippen molar-refractivity contribution in [1.29, 1.82) is 0 Å². The molecule has 0 aliphatic heterocycles. The summed E-state index contributed by atoms with van der Waals surface area (Å²) in [5.74, 6) is -1.09. The van der Waals surface area contributed by atoms with E-state index in [0.29, 0.717) is 23.6 Å². The number of rotatable bonds is 9. The number of nitrogens with zero attached hydrogens (tertiary/aromatic N) is 2. The smallest absolute Gasteiger partial charge is 0.273 e. The van der Waals surface area contributed by atoms with Crippen LogP contribution in [0, 0.1) is 0 Å². The Bertz CT molecular complexity index is 1510. The van der Waals surface area contributed by atoms with Gasteiger partial charge in [-0.2, -0.15) is 4.37 Å². The van der Waals surface area contributed by atoms with Crippen LogP contribution in [-0.2, 0) is 4.79 Å². The lowest BCUT2D eigenvalue weighted by atomic mass is 10.0. The molecule has 6 N–H and O–H groups in total. The second kappa shape index (κ2) is 11.2. The average Bonchev–Trinajstić information content (AvgIpc) is 3.68. The molecule has 2 heterocycles. The Labute approximate surface area is 229 Å². The standard InChI is InChI=1S/C28H30N6O4S/c1-2-38-18-13-11-17(12-14-18)34(28(37)25-22(29)23(26(30)35)33-39-25)24(27(36)32-16-7-3-4-8-16)20-15-31-21-10-6-5-9-19(20)21/h5-6,9-16,24,31H,2-4,7-8,29H2,1H3,(H2,30,35)(H,32,36)/t24-/m0/s1. The molecule has 202 valence electrons. The predicted molar refractivity (Wildman–Crippen MR) is 151 cm³/mol. The molecule has 39 heavy (non-hydrogen) atoms. The van der Waals surface area contributed by atoms with E-state index in [1.165, 1.54) is 4.90 Å². The second-order valence-electron chi connectivity index (χ2n) is 9.42. The molecule has 3 amide bonds. The zero-order chi connectivity index (χ0) is 27.5. The summed E-state index contributed by atoms with van der Waals surface area (Å²) in [6.45, 7) is 2.37. The van der Waals surface area contributed by atoms with Crippen molar-refractivity contribution in [1.82, 2.24) is 14.7 Å². The van der Waals surface area contributed by atoms with E-state index < -0.39 is 17.9 Å². The Balaban J connectivity index is 1.67. The number of hydrogen-bond acceptors (Lipinski definition) is 7. The summed E-state index contributed by atoms with van der Waals surface area (Å²) >= 11 is 0.779. The molecule has 0 radical (unpaired) electrons. The third kappa shape index (κ3) is 5.17. The molecule has 1 atom stereocenters. The molecule has 0 bridgehead atoms. The molecular formula is C28H30N6O4S. The molecule has 2 aromatic heterocycles. The minimum Gasteiger partial charge on any atom is -0.494 e. The number of primary amides is 1. The number of anilines is 2. The Morgan fingerprint density at radius 2 is 1.87 bits per heavy atom. The molecule has 0 spiro atoms. The number of fused-ring (bicyclic) bond motifs is 1. The summed E-state index contributed by atoms with van der Waals surface area (Å²) in [6, 6.07) is 13.5. The van der Waals surface area contributed by atoms with Crippen molar-refractivity contribution in [3.63, 3.8) is 0 Å². The lowest BCUT2D eigenvalue weighted by Crippen LogP contribution is -2.46. The van der Waals surface area contributed by atoms with Crippen molar-refractivity contribution < 1.29 is 19.1 Å². The highest BCUT2D eigenvalue weighted by Gasteiger charge is 2.38. The van der Waals surface area contributed by atoms with Gasteiger partial charge in [0.1, 0.15) is 16.7 Å². The summed E-state index contributed by atoms with van der Waals surface area (Å²) < 4.78 is 9.61. The summed E-state index contributed by atoms with van der Waals surface area (Å²) in [4.78, 5) is 44.9. The van der Waals surface area contributed by atoms with E-state index in [0.717, 1.165) is 48.1 Å². The van der Waals surface area contributed by atoms with Crippen molar-refractivity contribution in [2.24, 2.45) is 5.73 Å². The van der Waals surface area contributed by atoms with Crippen LogP contribution in [0.5, 0.6) is 5.75 Å². The monoisotopic (exact) mass is 546 g/mol. The number of ether oxygens (including phenoxy) is 1. The topological polar surface area (TPSA) is 156 Å². The summed E-state index contributed by atoms with van der Waals surface area (Å²) in [5.41, 5.74) is 13.2. The molecular weight excluding hydrogens is 516 g/mol. The molecule has 11 heteroatoms. The zero-order valence-electron chi connectivity index (χ0n) is 21.5. The molecule has 1 saturated carbocycles. The maximum atomic E-state index is 14.3. The number of aromatic nitrogens is 2. The first-order valence-electron chi connectivity index (χ1n) is 12.9. The molecule has 10 nitrogen and oxygen atoms in total. The Kier molecular flexibility index (Phi) is 7.51. The zero-order valence-corrected chi connectivity index (χ0v) is 22.3. The molecule has 1 aliphatic rings. The maximum Gasteiger partial charge on any atom is 0.273 e. The van der Waals surface area contributed by atoms with Gasteiger partial charge in [-0.15, -0.1) is 0 Å². The highest BCUT2D eigenvalue weighted by Crippen LogP contribution is 2.37. The fraction of sp³-hybridized carbons (Fsp3) is 0.286. The molecule has 0 unspecified atom stereocenters. The van der Waals surface area contributed by atoms with Gasteiger partial charge in [-0.25, -0.2) is 0 Å². The first-order valence-corrected chi connectivity index (χ1v) is 13.6. The van der Waals surface area contributed by atoms with Crippen LogP contribution in [0.2, 0.25) is 0 Å². The van der Waals surface area contributed by atoms with Gasteiger partial charge in [-0.05, 0) is 61.6 Å². The number of nitrogen functional groups attached to an aromatic ring is 1. The largest absolute Gasteiger partial charge is 0.494 e. The van der Waals surface area contributed by atoms with Gasteiger partial charge in [0, 0.05) is 34.4 Å². The summed E-state index contributed by atoms with van der Waals surface area (Å²) in [6.07, 6.45) is 5.60. The number of benzene rings is 2. The highest BCUT2D eigenvalue weighted by molar-refractivity contribution is 7.09. The number of nitrogens with one attached hydrogen (secondary N) is 2. The first-order chi connectivity index (χ1) is 18.9. The van der Waals surface area contributed by atoms with Crippen LogP contribution in [0.25, 0.3) is 10.9 Å². The number of nitrogens with two attached hydrogens (primary N) is 2. The van der Waals surface area contributed by atoms with E-state index in [9.17, 15) is 14.4 Å². The van der Waals surface area contributed by atoms with E-state index in [1.807, 2.05) is 31.2 Å². The van der Waals surface area contributed by atoms with Gasteiger partial charge in [0.15, 0.2) is 5.69 Å². The quantitative estimate of drug-likeness (QED) is 0.247. The number of carbonyl (C=O) groups excluding carboxylic acids is 3. The van der Waals surface area contributed by atoms with Crippen molar-refractivity contribution in [2.75, 3.05) is 17.2 Å². The van der Waals surface area contributed by atoms with E-state index in [4.69, 9.17) is 16.2 Å². The molecule has 1 aliphatic carbocycles. The number of amides is 3. The Morgan fingerprint density at radius 3 is 2.54 bits per heavy atom. The molecule has 1 fully saturated rings. The van der Waals surface area contributed by atoms with Gasteiger partial charge in [0.2, 0.25) is 5.91 Å². The number of hydrogen-bond donors (Lipinski definition) is 4. The van der Waals surface area contributed by atoms with Gasteiger partial charge >= 0.3 is 0 Å². The lowest BCUT2D eigenvalue weighted by molar-refractivity contribution is -0.123. The summed E-state index contributed by atoms with van der Waals surface area (Å²) in [7, 11) is 0. The third-order valence-corrected chi connectivity index (χ3v) is 7.78.